The Kier molecular flexibility index (Phi) is 5.99. The Balaban J connectivity index is 1.58. The second-order valence-corrected chi connectivity index (χ2v) is 6.79. The van der Waals surface area contributed by atoms with Crippen LogP contribution in [0.1, 0.15) is 11.1 Å². The second-order valence-electron chi connectivity index (χ2n) is 6.79. The van der Waals surface area contributed by atoms with Gasteiger partial charge >= 0.3 is 0 Å². The summed E-state index contributed by atoms with van der Waals surface area (Å²) in [6, 6.07) is 17.2. The highest BCUT2D eigenvalue weighted by molar-refractivity contribution is 5.88. The van der Waals surface area contributed by atoms with Crippen LogP contribution in [0.15, 0.2) is 60.8 Å². The number of halogens is 1. The topological polar surface area (TPSA) is 89.3 Å². The predicted molar refractivity (Wildman–Crippen MR) is 118 cm³/mol. The van der Waals surface area contributed by atoms with Crippen LogP contribution in [-0.2, 0) is 6.61 Å². The SMILES string of the molecule is COc1cnc2ccc(Nc3ccc(OCc4ccc(F)cc4)c(OC)c3)c(C#N)c2n1. The normalized spacial score (nSPS) is 10.4. The van der Waals surface area contributed by atoms with Gasteiger partial charge in [0.25, 0.3) is 0 Å². The zero-order valence-corrected chi connectivity index (χ0v) is 17.4. The maximum atomic E-state index is 13.1. The molecule has 32 heavy (non-hydrogen) atoms. The maximum absolute atomic E-state index is 13.1. The number of anilines is 2. The first-order valence-corrected chi connectivity index (χ1v) is 9.67. The standard InChI is InChI=1S/C24H19FN4O3/c1-30-22-11-17(7-10-21(22)32-14-15-3-5-16(25)6-4-15)28-19-8-9-20-24(18(19)12-26)29-23(31-2)13-27-20/h3-11,13,28H,14H2,1-2H3. The van der Waals surface area contributed by atoms with E-state index < -0.39 is 0 Å². The van der Waals surface area contributed by atoms with Crippen molar-refractivity contribution >= 4 is 22.4 Å². The molecule has 0 radical (unpaired) electrons. The van der Waals surface area contributed by atoms with Crippen LogP contribution < -0.4 is 19.5 Å². The highest BCUT2D eigenvalue weighted by Crippen LogP contribution is 2.33. The molecule has 0 saturated heterocycles. The van der Waals surface area contributed by atoms with E-state index in [1.165, 1.54) is 25.4 Å². The number of hydrogen-bond donors (Lipinski definition) is 1. The maximum Gasteiger partial charge on any atom is 0.232 e. The first-order valence-electron chi connectivity index (χ1n) is 9.67. The zero-order valence-electron chi connectivity index (χ0n) is 17.4. The third-order valence-electron chi connectivity index (χ3n) is 4.76. The van der Waals surface area contributed by atoms with Gasteiger partial charge in [-0.15, -0.1) is 0 Å². The number of aromatic nitrogens is 2. The Bertz CT molecular complexity index is 1300. The molecule has 8 heteroatoms. The number of methoxy groups -OCH3 is 2. The lowest BCUT2D eigenvalue weighted by Gasteiger charge is -2.14. The Morgan fingerprint density at radius 2 is 1.81 bits per heavy atom. The number of hydrogen-bond acceptors (Lipinski definition) is 7. The molecule has 0 atom stereocenters. The highest BCUT2D eigenvalue weighted by atomic mass is 19.1. The molecule has 0 bridgehead atoms. The molecule has 0 amide bonds. The number of nitriles is 1. The van der Waals surface area contributed by atoms with Gasteiger partial charge in [0.15, 0.2) is 11.5 Å². The third kappa shape index (κ3) is 4.37. The van der Waals surface area contributed by atoms with Gasteiger partial charge in [-0.25, -0.2) is 14.4 Å². The first kappa shape index (κ1) is 20.9. The Morgan fingerprint density at radius 3 is 2.53 bits per heavy atom. The molecule has 160 valence electrons. The van der Waals surface area contributed by atoms with Gasteiger partial charge in [0.05, 0.1) is 31.6 Å². The number of nitrogens with zero attached hydrogens (tertiary/aromatic N) is 3. The predicted octanol–water partition coefficient (Wildman–Crippen LogP) is 4.98. The van der Waals surface area contributed by atoms with Crippen molar-refractivity contribution in [3.63, 3.8) is 0 Å². The van der Waals surface area contributed by atoms with Crippen LogP contribution in [-0.4, -0.2) is 24.2 Å². The van der Waals surface area contributed by atoms with Crippen molar-refractivity contribution < 1.29 is 18.6 Å². The minimum absolute atomic E-state index is 0.271. The van der Waals surface area contributed by atoms with Gasteiger partial charge in [-0.05, 0) is 42.0 Å². The van der Waals surface area contributed by atoms with E-state index in [1.54, 1.807) is 43.5 Å². The summed E-state index contributed by atoms with van der Waals surface area (Å²) in [7, 11) is 3.04. The van der Waals surface area contributed by atoms with Crippen molar-refractivity contribution in [3.05, 3.63) is 77.7 Å². The lowest BCUT2D eigenvalue weighted by molar-refractivity contribution is 0.284. The molecule has 0 fully saturated rings. The van der Waals surface area contributed by atoms with Gasteiger partial charge in [-0.2, -0.15) is 5.26 Å². The van der Waals surface area contributed by atoms with Crippen LogP contribution >= 0.6 is 0 Å². The summed E-state index contributed by atoms with van der Waals surface area (Å²) in [5.74, 6) is 1.09. The summed E-state index contributed by atoms with van der Waals surface area (Å²) >= 11 is 0. The molecule has 0 unspecified atom stereocenters. The fourth-order valence-electron chi connectivity index (χ4n) is 3.14. The molecule has 3 aromatic carbocycles. The van der Waals surface area contributed by atoms with Crippen molar-refractivity contribution in [1.82, 2.24) is 9.97 Å². The largest absolute Gasteiger partial charge is 0.493 e. The summed E-state index contributed by atoms with van der Waals surface area (Å²) in [5.41, 5.74) is 3.50. The lowest BCUT2D eigenvalue weighted by Crippen LogP contribution is -2.00. The zero-order chi connectivity index (χ0) is 22.5. The fourth-order valence-corrected chi connectivity index (χ4v) is 3.14. The van der Waals surface area contributed by atoms with Gasteiger partial charge in [0, 0.05) is 11.8 Å². The molecule has 0 spiro atoms. The quantitative estimate of drug-likeness (QED) is 0.442. The molecule has 1 heterocycles. The number of benzene rings is 3. The van der Waals surface area contributed by atoms with E-state index in [0.29, 0.717) is 45.4 Å². The number of rotatable bonds is 7. The van der Waals surface area contributed by atoms with Crippen molar-refractivity contribution in [2.45, 2.75) is 6.61 Å². The number of nitrogens with one attached hydrogen (secondary N) is 1. The van der Waals surface area contributed by atoms with Crippen molar-refractivity contribution in [3.8, 4) is 23.4 Å². The van der Waals surface area contributed by atoms with Gasteiger partial charge in [-0.1, -0.05) is 12.1 Å². The molecule has 7 nitrogen and oxygen atoms in total. The smallest absolute Gasteiger partial charge is 0.232 e. The Hall–Kier alpha value is -4.38. The van der Waals surface area contributed by atoms with Crippen LogP contribution in [0.3, 0.4) is 0 Å². The van der Waals surface area contributed by atoms with Crippen molar-refractivity contribution in [2.24, 2.45) is 0 Å². The lowest BCUT2D eigenvalue weighted by atomic mass is 10.1. The Morgan fingerprint density at radius 1 is 1.00 bits per heavy atom. The number of fused-ring (bicyclic) bond motifs is 1. The van der Waals surface area contributed by atoms with E-state index in [-0.39, 0.29) is 12.4 Å². The molecule has 1 N–H and O–H groups in total. The van der Waals surface area contributed by atoms with Gasteiger partial charge in [-0.3, -0.25) is 0 Å². The van der Waals surface area contributed by atoms with E-state index in [2.05, 4.69) is 21.4 Å². The van der Waals surface area contributed by atoms with Crippen molar-refractivity contribution in [1.29, 1.82) is 5.26 Å². The molecule has 0 aliphatic rings. The summed E-state index contributed by atoms with van der Waals surface area (Å²) in [4.78, 5) is 8.63. The molecular formula is C24H19FN4O3. The second kappa shape index (κ2) is 9.18. The molecular weight excluding hydrogens is 411 g/mol. The first-order chi connectivity index (χ1) is 15.6. The minimum atomic E-state index is -0.295. The average molecular weight is 430 g/mol. The highest BCUT2D eigenvalue weighted by Gasteiger charge is 2.13. The van der Waals surface area contributed by atoms with Crippen LogP contribution in [0.2, 0.25) is 0 Å². The summed E-state index contributed by atoms with van der Waals surface area (Å²) in [5, 5.41) is 13.0. The molecule has 0 saturated carbocycles. The van der Waals surface area contributed by atoms with Crippen LogP contribution in [0.4, 0.5) is 15.8 Å². The van der Waals surface area contributed by atoms with E-state index in [4.69, 9.17) is 14.2 Å². The minimum Gasteiger partial charge on any atom is -0.493 e. The van der Waals surface area contributed by atoms with Gasteiger partial charge < -0.3 is 19.5 Å². The van der Waals surface area contributed by atoms with Gasteiger partial charge in [0.2, 0.25) is 5.88 Å². The van der Waals surface area contributed by atoms with E-state index in [1.807, 2.05) is 6.07 Å². The molecule has 1 aromatic heterocycles. The molecule has 4 aromatic rings. The molecule has 0 aliphatic carbocycles. The molecule has 0 aliphatic heterocycles. The summed E-state index contributed by atoms with van der Waals surface area (Å²) in [6.45, 7) is 0.271. The van der Waals surface area contributed by atoms with E-state index in [9.17, 15) is 9.65 Å². The fraction of sp³-hybridized carbons (Fsp3) is 0.125. The number of ether oxygens (including phenoxy) is 3. The van der Waals surface area contributed by atoms with Crippen LogP contribution in [0.25, 0.3) is 11.0 Å². The van der Waals surface area contributed by atoms with E-state index in [0.717, 1.165) is 5.56 Å². The summed E-state index contributed by atoms with van der Waals surface area (Å²) < 4.78 is 29.5. The third-order valence-corrected chi connectivity index (χ3v) is 4.76. The van der Waals surface area contributed by atoms with Gasteiger partial charge in [0.1, 0.15) is 29.6 Å². The summed E-state index contributed by atoms with van der Waals surface area (Å²) in [6.07, 6.45) is 1.51. The van der Waals surface area contributed by atoms with Crippen molar-refractivity contribution in [2.75, 3.05) is 19.5 Å². The van der Waals surface area contributed by atoms with E-state index >= 15 is 0 Å². The monoisotopic (exact) mass is 430 g/mol. The molecule has 4 rings (SSSR count). The average Bonchev–Trinajstić information content (AvgIpc) is 2.83. The van der Waals surface area contributed by atoms with Crippen LogP contribution in [0.5, 0.6) is 17.4 Å². The van der Waals surface area contributed by atoms with Crippen LogP contribution in [0, 0.1) is 17.1 Å². The Labute approximate surface area is 184 Å².